The van der Waals surface area contributed by atoms with Crippen LogP contribution in [0.2, 0.25) is 0 Å². The van der Waals surface area contributed by atoms with Crippen molar-refractivity contribution in [2.45, 2.75) is 113 Å². The maximum atomic E-state index is 12.1. The molecule has 3 atom stereocenters. The summed E-state index contributed by atoms with van der Waals surface area (Å²) in [6, 6.07) is 10.6. The summed E-state index contributed by atoms with van der Waals surface area (Å²) in [5, 5.41) is 22.6. The van der Waals surface area contributed by atoms with Crippen molar-refractivity contribution < 1.29 is 269 Å². The molecule has 1 aromatic rings. The van der Waals surface area contributed by atoms with Gasteiger partial charge in [-0.1, -0.05) is 105 Å². The third-order valence-electron chi connectivity index (χ3n) is 9.71. The summed E-state index contributed by atoms with van der Waals surface area (Å²) in [7, 11) is -26.5. The average Bonchev–Trinajstić information content (AvgIpc) is 3.90. The van der Waals surface area contributed by atoms with Gasteiger partial charge in [0, 0.05) is 29.6 Å². The summed E-state index contributed by atoms with van der Waals surface area (Å²) >= 11 is 0. The van der Waals surface area contributed by atoms with E-state index in [2.05, 4.69) is 108 Å². The number of halogens is 9. The van der Waals surface area contributed by atoms with Gasteiger partial charge in [-0.15, -0.1) is 0 Å². The molecular formula is C44H66F9K2LiN5NaO17S7. The van der Waals surface area contributed by atoms with Gasteiger partial charge in [-0.2, -0.15) is 65.1 Å². The first-order valence-corrected chi connectivity index (χ1v) is 35.0. The van der Waals surface area contributed by atoms with Gasteiger partial charge in [0.15, 0.2) is 10.0 Å². The molecule has 3 aliphatic rings. The van der Waals surface area contributed by atoms with E-state index < -0.39 is 104 Å². The molecule has 0 radical (unpaired) electrons. The first-order chi connectivity index (χ1) is 36.9. The second kappa shape index (κ2) is 44.5. The van der Waals surface area contributed by atoms with Gasteiger partial charge < -0.3 is 27.5 Å². The van der Waals surface area contributed by atoms with E-state index in [9.17, 15) is 100 Å². The summed E-state index contributed by atoms with van der Waals surface area (Å²) in [5.74, 6) is -3.44. The van der Waals surface area contributed by atoms with Crippen LogP contribution in [0, 0.1) is 17.8 Å². The minimum Gasteiger partial charge on any atom is -0.861 e. The van der Waals surface area contributed by atoms with Crippen molar-refractivity contribution in [3.63, 3.8) is 0 Å². The Morgan fingerprint density at radius 1 is 0.674 bits per heavy atom. The summed E-state index contributed by atoms with van der Waals surface area (Å²) in [4.78, 5) is 0. The minimum atomic E-state index is -5.92. The zero-order chi connectivity index (χ0) is 64.3. The van der Waals surface area contributed by atoms with Gasteiger partial charge in [0.2, 0.25) is 0 Å². The molecule has 3 unspecified atom stereocenters. The quantitative estimate of drug-likeness (QED) is 0.0172. The molecule has 2 aliphatic carbocycles. The van der Waals surface area contributed by atoms with Crippen LogP contribution in [0.15, 0.2) is 87.7 Å². The number of unbranched alkanes of at least 4 members (excludes halogenated alkanes) is 5. The Balaban J connectivity index is -0.000000236. The van der Waals surface area contributed by atoms with Crippen LogP contribution in [0.3, 0.4) is 0 Å². The number of hydrogen-bond acceptors (Lipinski definition) is 17. The van der Waals surface area contributed by atoms with Gasteiger partial charge in [-0.05, 0) is 93.8 Å². The van der Waals surface area contributed by atoms with Crippen LogP contribution in [0.4, 0.5) is 39.5 Å². The van der Waals surface area contributed by atoms with E-state index in [-0.39, 0.29) is 194 Å². The number of nitrogens with zero attached hydrogens (tertiary/aromatic N) is 5. The van der Waals surface area contributed by atoms with Crippen LogP contribution in [0.25, 0.3) is 8.25 Å². The van der Waals surface area contributed by atoms with E-state index in [1.165, 1.54) is 5.56 Å². The average molecular weight is 1440 g/mol. The van der Waals surface area contributed by atoms with Crippen LogP contribution < -0.4 is 161 Å². The Labute approximate surface area is 619 Å². The largest absolute Gasteiger partial charge is 1.00 e. The molecule has 0 amide bonds. The predicted molar refractivity (Wildman–Crippen MR) is 285 cm³/mol. The van der Waals surface area contributed by atoms with Gasteiger partial charge in [-0.3, -0.25) is 0 Å². The van der Waals surface area contributed by atoms with E-state index in [0.717, 1.165) is 56.0 Å². The van der Waals surface area contributed by atoms with E-state index in [1.54, 1.807) is 10.2 Å². The van der Waals surface area contributed by atoms with Crippen molar-refractivity contribution in [3.05, 3.63) is 92.8 Å². The standard InChI is InChI=1S/C19H30F3NO3S.C10H16N.C9H10F3NO3S.C3H6NO4S2.C2H3F3NO4S2.CH4O3S.2K.Li.Na/c1-2-3-4-5-6-7-8-9-10-11-12-13-14-15-16-17-18(24)23-27(25,26)19(20,21)22;1-11(2,3)9-10-7-5-4-6-8-10;10-9(11,12)17(15,16)13-8(14)7-4-5-1-2-6(7)3-5;5-9(6)2-1-3-10(7,8)4-9;1-11(7,8)6-12(9,10)2(3,4)5;1-5(2,3)4;;;;/h3-4,6-7,9-10H,2,5,8,11-17H2,1H3,(H,23,24);4-8H,9H2,1-3H3;1-2,5-7H,3-4H2,(H,13,14);1-3H2;1H3;1H3,(H,2,3,4);;;;/q;+1;;2*-1;;4*+1/p-3/b4-3-,7-6+,10-9+;;;;;;;;;. The maximum Gasteiger partial charge on any atom is 1.00 e. The fourth-order valence-corrected chi connectivity index (χ4v) is 12.3. The molecule has 2 fully saturated rings. The van der Waals surface area contributed by atoms with E-state index in [1.807, 2.05) is 6.08 Å². The molecule has 0 spiro atoms. The maximum absolute atomic E-state index is 12.1. The van der Waals surface area contributed by atoms with Crippen LogP contribution in [-0.2, 0) is 76.8 Å². The van der Waals surface area contributed by atoms with Crippen molar-refractivity contribution >= 4 is 82.1 Å². The summed E-state index contributed by atoms with van der Waals surface area (Å²) in [5.41, 5.74) is -15.3. The van der Waals surface area contributed by atoms with Crippen LogP contribution >= 0.6 is 0 Å². The van der Waals surface area contributed by atoms with Gasteiger partial charge >= 0.3 is 188 Å². The molecule has 22 nitrogen and oxygen atoms in total. The third kappa shape index (κ3) is 50.4. The van der Waals surface area contributed by atoms with Crippen molar-refractivity contribution in [3.8, 4) is 0 Å². The molecule has 4 rings (SSSR count). The molecule has 1 heterocycles. The number of alkyl halides is 9. The number of rotatable bonds is 20. The van der Waals surface area contributed by atoms with Gasteiger partial charge in [0.05, 0.1) is 61.3 Å². The zero-order valence-corrected chi connectivity index (χ0v) is 62.9. The normalized spacial score (nSPS) is 18.7. The van der Waals surface area contributed by atoms with E-state index >= 15 is 0 Å². The van der Waals surface area contributed by atoms with Gasteiger partial charge in [0.25, 0.3) is 0 Å². The number of hydrogen-bond donors (Lipinski definition) is 0. The molecular weight excluding hydrogens is 1370 g/mol. The van der Waals surface area contributed by atoms with E-state index in [0.29, 0.717) is 31.9 Å². The summed E-state index contributed by atoms with van der Waals surface area (Å²) < 4.78 is 269. The molecule has 0 N–H and O–H groups in total. The third-order valence-corrected chi connectivity index (χ3v) is 17.6. The number of allylic oxidation sites excluding steroid dienone is 8. The Hall–Kier alpha value is 0.850. The molecule has 478 valence electrons. The monoisotopic (exact) mass is 1440 g/mol. The van der Waals surface area contributed by atoms with Crippen LogP contribution in [0.5, 0.6) is 0 Å². The molecule has 1 aliphatic heterocycles. The molecule has 1 aromatic carbocycles. The number of fused-ring (bicyclic) bond motifs is 2. The molecule has 1 saturated carbocycles. The van der Waals surface area contributed by atoms with Gasteiger partial charge in [-0.25, -0.2) is 42.1 Å². The van der Waals surface area contributed by atoms with Crippen molar-refractivity contribution in [1.82, 2.24) is 0 Å². The minimum absolute atomic E-state index is 0. The van der Waals surface area contributed by atoms with Crippen molar-refractivity contribution in [1.29, 1.82) is 0 Å². The Bertz CT molecular complexity index is 3120. The van der Waals surface area contributed by atoms with E-state index in [4.69, 9.17) is 13.0 Å². The Kier molecular flexibility index (Phi) is 50.7. The molecule has 0 aromatic heterocycles. The first-order valence-electron chi connectivity index (χ1n) is 23.8. The number of quaternary nitrogens is 1. The fourth-order valence-electron chi connectivity index (χ4n) is 6.45. The summed E-state index contributed by atoms with van der Waals surface area (Å²) in [6.45, 7) is 3.20. The van der Waals surface area contributed by atoms with Crippen LogP contribution in [-0.4, -0.2) is 141 Å². The Morgan fingerprint density at radius 3 is 1.47 bits per heavy atom. The number of benzene rings is 1. The van der Waals surface area contributed by atoms with Crippen molar-refractivity contribution in [2.24, 2.45) is 26.5 Å². The zero-order valence-electron chi connectivity index (χ0n) is 49.0. The second-order valence-corrected chi connectivity index (χ2v) is 30.4. The second-order valence-electron chi connectivity index (χ2n) is 18.6. The first kappa shape index (κ1) is 97.9. The number of sulfonamides is 6. The molecule has 2 bridgehead atoms. The fraction of sp³-hybridized carbons (Fsp3) is 0.636. The molecule has 86 heavy (non-hydrogen) atoms. The topological polar surface area (TPSA) is 361 Å². The van der Waals surface area contributed by atoms with Gasteiger partial charge in [0.1, 0.15) is 6.54 Å². The SMILES string of the molecule is CC/C=C\C/C=C/C/C=C/CCCCCCCC([O-])=NS(=O)(=O)C(F)(F)F.CS(=O)(=O)[N-]S(=O)(=O)C(F)(F)F.CS(=O)(=O)[O-].C[N+](C)(C)Cc1ccccc1.O=S(=O)(N=C([O-])C1CC2C=CC1C2)C(F)(F)F.O=S1(=O)CCCS(=O)(=O)[N-]1.[K+].[K+].[Li+].[Na+]. The van der Waals surface area contributed by atoms with Crippen molar-refractivity contribution in [2.75, 3.05) is 45.2 Å². The molecule has 42 heteroatoms. The van der Waals surface area contributed by atoms with Crippen LogP contribution in [0.1, 0.15) is 96.0 Å². The summed E-state index contributed by atoms with van der Waals surface area (Å²) in [6.07, 6.45) is 25.9. The predicted octanol–water partition coefficient (Wildman–Crippen LogP) is -5.35. The smallest absolute Gasteiger partial charge is 0.861 e. The Morgan fingerprint density at radius 2 is 1.10 bits per heavy atom. The molecule has 1 saturated heterocycles.